The van der Waals surface area contributed by atoms with Crippen molar-refractivity contribution >= 4 is 11.3 Å². The van der Waals surface area contributed by atoms with Crippen LogP contribution in [0.4, 0.5) is 4.39 Å². The monoisotopic (exact) mass is 294 g/mol. The third kappa shape index (κ3) is 2.75. The van der Waals surface area contributed by atoms with Crippen molar-refractivity contribution in [2.75, 3.05) is 13.2 Å². The Balaban J connectivity index is 2.42. The van der Waals surface area contributed by atoms with Crippen LogP contribution in [0.1, 0.15) is 21.1 Å². The molecule has 2 rings (SSSR count). The van der Waals surface area contributed by atoms with Gasteiger partial charge in [0.15, 0.2) is 0 Å². The molecule has 3 N–H and O–H groups in total. The summed E-state index contributed by atoms with van der Waals surface area (Å²) < 4.78 is 14.1. The van der Waals surface area contributed by atoms with Crippen LogP contribution in [-0.2, 0) is 11.8 Å². The van der Waals surface area contributed by atoms with Gasteiger partial charge in [-0.2, -0.15) is 0 Å². The molecule has 20 heavy (non-hydrogen) atoms. The maximum absolute atomic E-state index is 14.1. The highest BCUT2D eigenvalue weighted by Gasteiger charge is 2.34. The first-order valence-corrected chi connectivity index (χ1v) is 7.33. The van der Waals surface area contributed by atoms with Crippen molar-refractivity contribution in [2.24, 2.45) is 5.73 Å². The molecule has 0 fully saturated rings. The van der Waals surface area contributed by atoms with E-state index < -0.39 is 5.41 Å². The molecule has 0 saturated heterocycles. The summed E-state index contributed by atoms with van der Waals surface area (Å²) in [6, 6.07) is 6.48. The predicted molar refractivity (Wildman–Crippen MR) is 79.5 cm³/mol. The van der Waals surface area contributed by atoms with Crippen LogP contribution >= 0.6 is 11.3 Å². The summed E-state index contributed by atoms with van der Waals surface area (Å²) in [6.07, 6.45) is 0.445. The average molecular weight is 294 g/mol. The molecule has 0 bridgehead atoms. The summed E-state index contributed by atoms with van der Waals surface area (Å²) in [6.45, 7) is 3.91. The lowest BCUT2D eigenvalue weighted by Crippen LogP contribution is -2.41. The van der Waals surface area contributed by atoms with Crippen LogP contribution in [-0.4, -0.2) is 23.2 Å². The van der Waals surface area contributed by atoms with Crippen LogP contribution in [0, 0.1) is 19.7 Å². The number of rotatable bonds is 5. The second-order valence-electron chi connectivity index (χ2n) is 5.05. The first kappa shape index (κ1) is 15.1. The Hall–Kier alpha value is -1.30. The van der Waals surface area contributed by atoms with Crippen LogP contribution in [0.15, 0.2) is 24.3 Å². The molecule has 1 heterocycles. The zero-order valence-corrected chi connectivity index (χ0v) is 12.5. The smallest absolute Gasteiger partial charge is 0.127 e. The third-order valence-electron chi connectivity index (χ3n) is 3.70. The van der Waals surface area contributed by atoms with Gasteiger partial charge in [0, 0.05) is 23.3 Å². The largest absolute Gasteiger partial charge is 0.395 e. The minimum atomic E-state index is -0.817. The van der Waals surface area contributed by atoms with Crippen molar-refractivity contribution in [1.29, 1.82) is 0 Å². The highest BCUT2D eigenvalue weighted by Crippen LogP contribution is 2.31. The summed E-state index contributed by atoms with van der Waals surface area (Å²) in [5.74, 6) is -0.336. The second-order valence-corrected chi connectivity index (χ2v) is 6.34. The van der Waals surface area contributed by atoms with Gasteiger partial charge in [0.1, 0.15) is 5.82 Å². The molecule has 0 saturated carbocycles. The number of nitrogens with zero attached hydrogens (tertiary/aromatic N) is 1. The van der Waals surface area contributed by atoms with E-state index in [0.29, 0.717) is 12.0 Å². The normalized spacial score (nSPS) is 14.2. The molecule has 1 aromatic heterocycles. The number of nitrogens with two attached hydrogens (primary N) is 1. The van der Waals surface area contributed by atoms with Crippen molar-refractivity contribution in [1.82, 2.24) is 4.98 Å². The number of aliphatic hydroxyl groups excluding tert-OH is 1. The molecular weight excluding hydrogens is 275 g/mol. The Morgan fingerprint density at radius 3 is 2.55 bits per heavy atom. The van der Waals surface area contributed by atoms with E-state index >= 15 is 0 Å². The molecule has 1 unspecified atom stereocenters. The number of aryl methyl sites for hydroxylation is 2. The fourth-order valence-corrected chi connectivity index (χ4v) is 3.36. The second kappa shape index (κ2) is 5.99. The Bertz CT molecular complexity index is 574. The summed E-state index contributed by atoms with van der Waals surface area (Å²) >= 11 is 1.57. The van der Waals surface area contributed by atoms with E-state index in [0.717, 1.165) is 15.6 Å². The minimum Gasteiger partial charge on any atom is -0.395 e. The first-order chi connectivity index (χ1) is 9.52. The maximum atomic E-state index is 14.1. The Morgan fingerprint density at radius 2 is 2.05 bits per heavy atom. The van der Waals surface area contributed by atoms with Gasteiger partial charge in [0.05, 0.1) is 17.3 Å². The third-order valence-corrected chi connectivity index (χ3v) is 4.77. The zero-order valence-electron chi connectivity index (χ0n) is 11.7. The van der Waals surface area contributed by atoms with Crippen LogP contribution in [0.2, 0.25) is 0 Å². The van der Waals surface area contributed by atoms with E-state index in [-0.39, 0.29) is 19.0 Å². The highest BCUT2D eigenvalue weighted by atomic mass is 32.1. The van der Waals surface area contributed by atoms with E-state index in [2.05, 4.69) is 4.98 Å². The summed E-state index contributed by atoms with van der Waals surface area (Å²) in [7, 11) is 0. The van der Waals surface area contributed by atoms with E-state index in [1.54, 1.807) is 29.5 Å². The number of benzene rings is 1. The quantitative estimate of drug-likeness (QED) is 0.890. The summed E-state index contributed by atoms with van der Waals surface area (Å²) in [5.41, 5.74) is 6.47. The van der Waals surface area contributed by atoms with Gasteiger partial charge < -0.3 is 10.8 Å². The molecule has 1 aromatic carbocycles. The van der Waals surface area contributed by atoms with Crippen LogP contribution in [0.5, 0.6) is 0 Å². The van der Waals surface area contributed by atoms with E-state index in [1.807, 2.05) is 13.8 Å². The van der Waals surface area contributed by atoms with Gasteiger partial charge in [-0.15, -0.1) is 11.3 Å². The molecule has 3 nitrogen and oxygen atoms in total. The minimum absolute atomic E-state index is 0.169. The number of hydrogen-bond donors (Lipinski definition) is 2. The van der Waals surface area contributed by atoms with E-state index in [1.165, 1.54) is 6.07 Å². The van der Waals surface area contributed by atoms with Crippen molar-refractivity contribution < 1.29 is 9.50 Å². The van der Waals surface area contributed by atoms with Crippen LogP contribution < -0.4 is 5.73 Å². The fraction of sp³-hybridized carbons (Fsp3) is 0.400. The topological polar surface area (TPSA) is 59.1 Å². The van der Waals surface area contributed by atoms with Crippen molar-refractivity contribution in [3.05, 3.63) is 51.2 Å². The molecule has 108 valence electrons. The number of hydrogen-bond acceptors (Lipinski definition) is 4. The lowest BCUT2D eigenvalue weighted by molar-refractivity contribution is 0.192. The van der Waals surface area contributed by atoms with Crippen LogP contribution in [0.3, 0.4) is 0 Å². The molecule has 0 aliphatic carbocycles. The van der Waals surface area contributed by atoms with Gasteiger partial charge in [0.25, 0.3) is 0 Å². The molecule has 0 amide bonds. The SMILES string of the molecule is Cc1nc(CC(CN)(CO)c2ccccc2F)sc1C. The molecular formula is C15H19FN2OS. The van der Waals surface area contributed by atoms with Crippen LogP contribution in [0.25, 0.3) is 0 Å². The number of aliphatic hydroxyl groups is 1. The van der Waals surface area contributed by atoms with Gasteiger partial charge in [-0.05, 0) is 25.5 Å². The van der Waals surface area contributed by atoms with E-state index in [4.69, 9.17) is 5.73 Å². The van der Waals surface area contributed by atoms with Gasteiger partial charge in [0.2, 0.25) is 0 Å². The maximum Gasteiger partial charge on any atom is 0.127 e. The Labute approximate surface area is 122 Å². The highest BCUT2D eigenvalue weighted by molar-refractivity contribution is 7.11. The number of halogens is 1. The molecule has 2 aromatic rings. The molecule has 0 aliphatic heterocycles. The van der Waals surface area contributed by atoms with Crippen molar-refractivity contribution in [3.8, 4) is 0 Å². The number of aromatic nitrogens is 1. The van der Waals surface area contributed by atoms with Crippen molar-refractivity contribution in [2.45, 2.75) is 25.7 Å². The Kier molecular flexibility index (Phi) is 4.52. The Morgan fingerprint density at radius 1 is 1.35 bits per heavy atom. The van der Waals surface area contributed by atoms with Gasteiger partial charge in [-0.3, -0.25) is 0 Å². The van der Waals surface area contributed by atoms with Gasteiger partial charge >= 0.3 is 0 Å². The van der Waals surface area contributed by atoms with E-state index in [9.17, 15) is 9.50 Å². The summed E-state index contributed by atoms with van der Waals surface area (Å²) in [4.78, 5) is 5.61. The average Bonchev–Trinajstić information content (AvgIpc) is 2.75. The molecule has 1 atom stereocenters. The standard InChI is InChI=1S/C15H19FN2OS/c1-10-11(2)20-14(18-10)7-15(8-17,9-19)12-5-3-4-6-13(12)16/h3-6,19H,7-9,17H2,1-2H3. The summed E-state index contributed by atoms with van der Waals surface area (Å²) in [5, 5.41) is 10.7. The first-order valence-electron chi connectivity index (χ1n) is 6.51. The fourth-order valence-electron chi connectivity index (χ4n) is 2.28. The van der Waals surface area contributed by atoms with Gasteiger partial charge in [-0.25, -0.2) is 9.37 Å². The lowest BCUT2D eigenvalue weighted by atomic mass is 9.78. The van der Waals surface area contributed by atoms with Crippen molar-refractivity contribution in [3.63, 3.8) is 0 Å². The predicted octanol–water partition coefficient (Wildman–Crippen LogP) is 2.33. The molecule has 0 radical (unpaired) electrons. The number of thiazole rings is 1. The molecule has 0 aliphatic rings. The molecule has 0 spiro atoms. The zero-order chi connectivity index (χ0) is 14.8. The van der Waals surface area contributed by atoms with Gasteiger partial charge in [-0.1, -0.05) is 18.2 Å². The molecule has 5 heteroatoms. The lowest BCUT2D eigenvalue weighted by Gasteiger charge is -2.30.